The number of nitrogens with zero attached hydrogens (tertiary/aromatic N) is 1. The summed E-state index contributed by atoms with van der Waals surface area (Å²) >= 11 is 0. The lowest BCUT2D eigenvalue weighted by Crippen LogP contribution is -2.45. The Bertz CT molecular complexity index is 615. The van der Waals surface area contributed by atoms with Gasteiger partial charge in [-0.1, -0.05) is 18.2 Å². The number of benzene rings is 1. The third-order valence-electron chi connectivity index (χ3n) is 4.85. The van der Waals surface area contributed by atoms with Crippen LogP contribution < -0.4 is 5.32 Å². The van der Waals surface area contributed by atoms with Crippen LogP contribution in [0.3, 0.4) is 0 Å². The van der Waals surface area contributed by atoms with Crippen LogP contribution in [0.2, 0.25) is 0 Å². The zero-order valence-electron chi connectivity index (χ0n) is 13.0. The quantitative estimate of drug-likeness (QED) is 0.892. The van der Waals surface area contributed by atoms with Gasteiger partial charge in [0, 0.05) is 48.8 Å². The van der Waals surface area contributed by atoms with E-state index in [0.717, 1.165) is 19.0 Å². The van der Waals surface area contributed by atoms with Gasteiger partial charge in [0.15, 0.2) is 0 Å². The Morgan fingerprint density at radius 1 is 1.09 bits per heavy atom. The highest BCUT2D eigenvalue weighted by Crippen LogP contribution is 2.47. The van der Waals surface area contributed by atoms with Crippen LogP contribution in [0, 0.1) is 12.8 Å². The molecule has 0 amide bonds. The zero-order chi connectivity index (χ0) is 13.5. The number of H-pyrrole nitrogens is 1. The van der Waals surface area contributed by atoms with Gasteiger partial charge in [-0.2, -0.15) is 0 Å². The van der Waals surface area contributed by atoms with Crippen LogP contribution in [0.25, 0.3) is 10.9 Å². The third-order valence-corrected chi connectivity index (χ3v) is 4.85. The molecule has 1 saturated carbocycles. The fourth-order valence-corrected chi connectivity index (χ4v) is 3.77. The van der Waals surface area contributed by atoms with Crippen LogP contribution in [-0.4, -0.2) is 36.1 Å². The van der Waals surface area contributed by atoms with Gasteiger partial charge < -0.3 is 10.3 Å². The van der Waals surface area contributed by atoms with Gasteiger partial charge in [0.25, 0.3) is 0 Å². The average molecular weight is 342 g/mol. The fraction of sp³-hybridized carbons (Fsp3) is 0.529. The second-order valence-electron chi connectivity index (χ2n) is 6.28. The van der Waals surface area contributed by atoms with Crippen LogP contribution in [-0.2, 0) is 0 Å². The Kier molecular flexibility index (Phi) is 5.78. The van der Waals surface area contributed by atoms with Crippen LogP contribution >= 0.6 is 24.8 Å². The lowest BCUT2D eigenvalue weighted by Gasteiger charge is -2.35. The Morgan fingerprint density at radius 3 is 2.45 bits per heavy atom. The van der Waals surface area contributed by atoms with Crippen molar-refractivity contribution in [3.05, 3.63) is 35.5 Å². The standard InChI is InChI=1S/C17H23N3.2ClH/c1-12-16(14-4-2-3-5-15(14)19-12)17(13-6-7-13)20-10-8-18-9-11-20;;/h2-5,13,17-19H,6-11H2,1H3;2*1H/t17-;;/m1../s1. The maximum atomic E-state index is 3.59. The molecule has 2 N–H and O–H groups in total. The van der Waals surface area contributed by atoms with Crippen LogP contribution in [0.15, 0.2) is 24.3 Å². The maximum Gasteiger partial charge on any atom is 0.0459 e. The first kappa shape index (κ1) is 17.6. The van der Waals surface area contributed by atoms with E-state index in [1.165, 1.54) is 42.5 Å². The zero-order valence-corrected chi connectivity index (χ0v) is 14.6. The molecule has 2 fully saturated rings. The topological polar surface area (TPSA) is 31.1 Å². The van der Waals surface area contributed by atoms with Crippen molar-refractivity contribution in [2.45, 2.75) is 25.8 Å². The predicted octanol–water partition coefficient (Wildman–Crippen LogP) is 3.68. The van der Waals surface area contributed by atoms with E-state index in [9.17, 15) is 0 Å². The van der Waals surface area contributed by atoms with E-state index >= 15 is 0 Å². The molecule has 1 aliphatic carbocycles. The number of piperazine rings is 1. The van der Waals surface area contributed by atoms with E-state index in [1.807, 2.05) is 0 Å². The van der Waals surface area contributed by atoms with Gasteiger partial charge in [0.1, 0.15) is 0 Å². The summed E-state index contributed by atoms with van der Waals surface area (Å²) < 4.78 is 0. The Morgan fingerprint density at radius 2 is 1.77 bits per heavy atom. The normalized spacial score (nSPS) is 20.2. The van der Waals surface area contributed by atoms with Crippen molar-refractivity contribution in [1.29, 1.82) is 0 Å². The Labute approximate surface area is 144 Å². The minimum atomic E-state index is 0. The monoisotopic (exact) mass is 341 g/mol. The molecule has 5 heteroatoms. The molecule has 0 unspecified atom stereocenters. The molecule has 4 rings (SSSR count). The molecule has 1 aromatic heterocycles. The molecule has 3 nitrogen and oxygen atoms in total. The molecule has 122 valence electrons. The lowest BCUT2D eigenvalue weighted by molar-refractivity contribution is 0.156. The van der Waals surface area contributed by atoms with Crippen molar-refractivity contribution >= 4 is 35.7 Å². The molecule has 0 radical (unpaired) electrons. The number of fused-ring (bicyclic) bond motifs is 1. The highest BCUT2D eigenvalue weighted by atomic mass is 35.5. The summed E-state index contributed by atoms with van der Waals surface area (Å²) in [7, 11) is 0. The van der Waals surface area contributed by atoms with Crippen molar-refractivity contribution in [3.8, 4) is 0 Å². The second kappa shape index (κ2) is 7.22. The molecule has 0 bridgehead atoms. The Balaban J connectivity index is 0.000000882. The summed E-state index contributed by atoms with van der Waals surface area (Å²) in [4.78, 5) is 6.29. The second-order valence-corrected chi connectivity index (χ2v) is 6.28. The Hall–Kier alpha value is -0.740. The smallest absolute Gasteiger partial charge is 0.0459 e. The van der Waals surface area contributed by atoms with Crippen molar-refractivity contribution in [2.75, 3.05) is 26.2 Å². The van der Waals surface area contributed by atoms with Crippen molar-refractivity contribution < 1.29 is 0 Å². The molecule has 0 spiro atoms. The van der Waals surface area contributed by atoms with Crippen molar-refractivity contribution in [2.24, 2.45) is 5.92 Å². The molecular weight excluding hydrogens is 317 g/mol. The molecule has 1 saturated heterocycles. The van der Waals surface area contributed by atoms with Crippen LogP contribution in [0.4, 0.5) is 0 Å². The first-order valence-corrected chi connectivity index (χ1v) is 7.86. The number of hydrogen-bond acceptors (Lipinski definition) is 2. The van der Waals surface area contributed by atoms with Crippen LogP contribution in [0.1, 0.15) is 30.1 Å². The largest absolute Gasteiger partial charge is 0.358 e. The number of para-hydroxylation sites is 1. The average Bonchev–Trinajstić information content (AvgIpc) is 3.25. The minimum absolute atomic E-state index is 0. The van der Waals surface area contributed by atoms with Gasteiger partial charge in [-0.3, -0.25) is 4.90 Å². The van der Waals surface area contributed by atoms with Crippen molar-refractivity contribution in [3.63, 3.8) is 0 Å². The number of hydrogen-bond donors (Lipinski definition) is 2. The van der Waals surface area contributed by atoms with Gasteiger partial charge in [-0.25, -0.2) is 0 Å². The van der Waals surface area contributed by atoms with E-state index in [-0.39, 0.29) is 24.8 Å². The van der Waals surface area contributed by atoms with Gasteiger partial charge in [0.05, 0.1) is 0 Å². The van der Waals surface area contributed by atoms with E-state index in [2.05, 4.69) is 46.4 Å². The summed E-state index contributed by atoms with van der Waals surface area (Å²) in [6, 6.07) is 9.40. The van der Waals surface area contributed by atoms with E-state index in [1.54, 1.807) is 5.56 Å². The highest BCUT2D eigenvalue weighted by molar-refractivity contribution is 5.86. The summed E-state index contributed by atoms with van der Waals surface area (Å²) in [6.07, 6.45) is 2.79. The van der Waals surface area contributed by atoms with Gasteiger partial charge in [-0.05, 0) is 37.3 Å². The van der Waals surface area contributed by atoms with E-state index in [4.69, 9.17) is 0 Å². The van der Waals surface area contributed by atoms with E-state index < -0.39 is 0 Å². The predicted molar refractivity (Wildman–Crippen MR) is 97.4 cm³/mol. The lowest BCUT2D eigenvalue weighted by atomic mass is 9.97. The summed E-state index contributed by atoms with van der Waals surface area (Å²) in [5.74, 6) is 0.867. The molecule has 1 aliphatic heterocycles. The molecule has 2 heterocycles. The highest BCUT2D eigenvalue weighted by Gasteiger charge is 2.38. The molecule has 1 atom stereocenters. The molecular formula is C17H25Cl2N3. The van der Waals surface area contributed by atoms with Gasteiger partial charge >= 0.3 is 0 Å². The summed E-state index contributed by atoms with van der Waals surface area (Å²) in [5, 5.41) is 4.91. The minimum Gasteiger partial charge on any atom is -0.358 e. The number of aryl methyl sites for hydroxylation is 1. The number of rotatable bonds is 3. The molecule has 2 aromatic rings. The first-order chi connectivity index (χ1) is 9.84. The van der Waals surface area contributed by atoms with Crippen LogP contribution in [0.5, 0.6) is 0 Å². The van der Waals surface area contributed by atoms with Gasteiger partial charge in [0.2, 0.25) is 0 Å². The fourth-order valence-electron chi connectivity index (χ4n) is 3.77. The van der Waals surface area contributed by atoms with Crippen molar-refractivity contribution in [1.82, 2.24) is 15.2 Å². The van der Waals surface area contributed by atoms with Gasteiger partial charge in [-0.15, -0.1) is 24.8 Å². The molecule has 1 aromatic carbocycles. The number of nitrogens with one attached hydrogen (secondary N) is 2. The molecule has 22 heavy (non-hydrogen) atoms. The van der Waals surface area contributed by atoms with E-state index in [0.29, 0.717) is 6.04 Å². The number of aromatic amines is 1. The number of halogens is 2. The summed E-state index contributed by atoms with van der Waals surface area (Å²) in [5.41, 5.74) is 4.22. The maximum absolute atomic E-state index is 3.59. The summed E-state index contributed by atoms with van der Waals surface area (Å²) in [6.45, 7) is 6.86. The third kappa shape index (κ3) is 3.13. The first-order valence-electron chi connectivity index (χ1n) is 7.86. The SMILES string of the molecule is Cc1[nH]c2ccccc2c1[C@@H](C1CC1)N1CCNCC1.Cl.Cl. The molecule has 2 aliphatic rings. The number of aromatic nitrogens is 1.